The van der Waals surface area contributed by atoms with Crippen LogP contribution in [0.25, 0.3) is 0 Å². The predicted molar refractivity (Wildman–Crippen MR) is 77.6 cm³/mol. The molecule has 1 aliphatic carbocycles. The lowest BCUT2D eigenvalue weighted by Crippen LogP contribution is -2.18. The average Bonchev–Trinajstić information content (AvgIpc) is 2.53. The minimum absolute atomic E-state index is 0.295. The Hall–Kier alpha value is -0.210. The van der Waals surface area contributed by atoms with Crippen LogP contribution in [-0.2, 0) is 13.0 Å². The Bertz CT molecular complexity index is 401. The molecule has 0 spiro atoms. The molecule has 0 radical (unpaired) electrons. The molecule has 2 nitrogen and oxygen atoms in total. The van der Waals surface area contributed by atoms with Gasteiger partial charge in [-0.2, -0.15) is 5.10 Å². The third-order valence-electron chi connectivity index (χ3n) is 3.97. The number of alkyl halides is 1. The number of aromatic nitrogens is 2. The van der Waals surface area contributed by atoms with Gasteiger partial charge in [0.15, 0.2) is 0 Å². The molecule has 0 amide bonds. The molecule has 0 N–H and O–H groups in total. The fourth-order valence-corrected chi connectivity index (χ4v) is 3.46. The van der Waals surface area contributed by atoms with Gasteiger partial charge in [0.1, 0.15) is 0 Å². The summed E-state index contributed by atoms with van der Waals surface area (Å²) in [6, 6.07) is 0. The highest BCUT2D eigenvalue weighted by molar-refractivity contribution is 6.31. The standard InChI is InChI=1S/C14H22Cl2N2/c1-3-18-13(14(16)10(2)17-18)9-11-7-5-4-6-8-12(11)15/h11-12H,3-9H2,1-2H3. The van der Waals surface area contributed by atoms with Crippen LogP contribution in [0, 0.1) is 12.8 Å². The van der Waals surface area contributed by atoms with Gasteiger partial charge in [0.05, 0.1) is 16.4 Å². The molecule has 2 unspecified atom stereocenters. The Labute approximate surface area is 120 Å². The molecule has 1 saturated carbocycles. The average molecular weight is 289 g/mol. The van der Waals surface area contributed by atoms with Gasteiger partial charge in [0, 0.05) is 11.9 Å². The fraction of sp³-hybridized carbons (Fsp3) is 0.786. The molecule has 1 heterocycles. The molecule has 1 fully saturated rings. The first-order valence-corrected chi connectivity index (χ1v) is 7.80. The summed E-state index contributed by atoms with van der Waals surface area (Å²) in [5.74, 6) is 0.549. The lowest BCUT2D eigenvalue weighted by molar-refractivity contribution is 0.445. The van der Waals surface area contributed by atoms with E-state index in [0.29, 0.717) is 11.3 Å². The van der Waals surface area contributed by atoms with Crippen LogP contribution < -0.4 is 0 Å². The fourth-order valence-electron chi connectivity index (χ4n) is 2.88. The van der Waals surface area contributed by atoms with Gasteiger partial charge < -0.3 is 0 Å². The maximum atomic E-state index is 6.52. The van der Waals surface area contributed by atoms with Crippen LogP contribution in [0.15, 0.2) is 0 Å². The Morgan fingerprint density at radius 3 is 2.72 bits per heavy atom. The highest BCUT2D eigenvalue weighted by Gasteiger charge is 2.25. The molecule has 0 bridgehead atoms. The van der Waals surface area contributed by atoms with Gasteiger partial charge in [-0.05, 0) is 39.0 Å². The number of hydrogen-bond acceptors (Lipinski definition) is 1. The predicted octanol–water partition coefficient (Wildman–Crippen LogP) is 4.60. The van der Waals surface area contributed by atoms with E-state index in [1.165, 1.54) is 31.4 Å². The van der Waals surface area contributed by atoms with Gasteiger partial charge in [-0.3, -0.25) is 4.68 Å². The van der Waals surface area contributed by atoms with Crippen molar-refractivity contribution in [3.63, 3.8) is 0 Å². The molecule has 0 saturated heterocycles. The van der Waals surface area contributed by atoms with Crippen molar-refractivity contribution >= 4 is 23.2 Å². The van der Waals surface area contributed by atoms with E-state index in [1.807, 2.05) is 11.6 Å². The molecule has 1 aromatic rings. The van der Waals surface area contributed by atoms with E-state index in [-0.39, 0.29) is 0 Å². The number of rotatable bonds is 3. The largest absolute Gasteiger partial charge is 0.268 e. The van der Waals surface area contributed by atoms with E-state index >= 15 is 0 Å². The van der Waals surface area contributed by atoms with Crippen molar-refractivity contribution in [1.82, 2.24) is 9.78 Å². The van der Waals surface area contributed by atoms with Crippen LogP contribution in [0.4, 0.5) is 0 Å². The van der Waals surface area contributed by atoms with Gasteiger partial charge in [-0.25, -0.2) is 0 Å². The van der Waals surface area contributed by atoms with Crippen LogP contribution in [0.1, 0.15) is 50.4 Å². The van der Waals surface area contributed by atoms with Crippen LogP contribution in [0.2, 0.25) is 5.02 Å². The van der Waals surface area contributed by atoms with Gasteiger partial charge >= 0.3 is 0 Å². The minimum Gasteiger partial charge on any atom is -0.268 e. The summed E-state index contributed by atoms with van der Waals surface area (Å²) in [5, 5.41) is 5.62. The summed E-state index contributed by atoms with van der Waals surface area (Å²) in [7, 11) is 0. The lowest BCUT2D eigenvalue weighted by atomic mass is 9.94. The van der Waals surface area contributed by atoms with Crippen molar-refractivity contribution in [2.75, 3.05) is 0 Å². The zero-order valence-electron chi connectivity index (χ0n) is 11.3. The van der Waals surface area contributed by atoms with Crippen LogP contribution in [0.3, 0.4) is 0 Å². The third kappa shape index (κ3) is 3.03. The first-order valence-electron chi connectivity index (χ1n) is 6.99. The molecule has 18 heavy (non-hydrogen) atoms. The summed E-state index contributed by atoms with van der Waals surface area (Å²) < 4.78 is 2.03. The van der Waals surface area contributed by atoms with E-state index < -0.39 is 0 Å². The number of aryl methyl sites for hydroxylation is 2. The number of halogens is 2. The topological polar surface area (TPSA) is 17.8 Å². The normalized spacial score (nSPS) is 25.1. The van der Waals surface area contributed by atoms with Crippen LogP contribution in [0.5, 0.6) is 0 Å². The van der Waals surface area contributed by atoms with Gasteiger partial charge in [-0.15, -0.1) is 11.6 Å². The summed E-state index contributed by atoms with van der Waals surface area (Å²) >= 11 is 12.9. The molecule has 2 rings (SSSR count). The quantitative estimate of drug-likeness (QED) is 0.587. The summed E-state index contributed by atoms with van der Waals surface area (Å²) in [6.45, 7) is 4.96. The SMILES string of the molecule is CCn1nc(C)c(Cl)c1CC1CCCCCC1Cl. The van der Waals surface area contributed by atoms with Crippen LogP contribution >= 0.6 is 23.2 Å². The molecule has 0 aromatic carbocycles. The Balaban J connectivity index is 2.16. The van der Waals surface area contributed by atoms with Gasteiger partial charge in [0.2, 0.25) is 0 Å². The zero-order valence-corrected chi connectivity index (χ0v) is 12.8. The van der Waals surface area contributed by atoms with E-state index in [1.54, 1.807) is 0 Å². The number of hydrogen-bond donors (Lipinski definition) is 0. The minimum atomic E-state index is 0.295. The Morgan fingerprint density at radius 1 is 1.28 bits per heavy atom. The molecule has 1 aliphatic rings. The highest BCUT2D eigenvalue weighted by atomic mass is 35.5. The highest BCUT2D eigenvalue weighted by Crippen LogP contribution is 2.32. The Kier molecular flexibility index (Phi) is 4.97. The van der Waals surface area contributed by atoms with E-state index in [0.717, 1.165) is 30.1 Å². The Morgan fingerprint density at radius 2 is 2.00 bits per heavy atom. The summed E-state index contributed by atoms with van der Waals surface area (Å²) in [4.78, 5) is 0. The maximum Gasteiger partial charge on any atom is 0.0847 e. The lowest BCUT2D eigenvalue weighted by Gasteiger charge is -2.20. The zero-order chi connectivity index (χ0) is 13.1. The van der Waals surface area contributed by atoms with E-state index in [4.69, 9.17) is 23.2 Å². The molecule has 102 valence electrons. The van der Waals surface area contributed by atoms with E-state index in [9.17, 15) is 0 Å². The smallest absolute Gasteiger partial charge is 0.0847 e. The maximum absolute atomic E-state index is 6.52. The van der Waals surface area contributed by atoms with Crippen molar-refractivity contribution in [3.8, 4) is 0 Å². The van der Waals surface area contributed by atoms with Crippen molar-refractivity contribution in [3.05, 3.63) is 16.4 Å². The van der Waals surface area contributed by atoms with Gasteiger partial charge in [0.25, 0.3) is 0 Å². The monoisotopic (exact) mass is 288 g/mol. The van der Waals surface area contributed by atoms with Crippen molar-refractivity contribution in [1.29, 1.82) is 0 Å². The first kappa shape index (κ1) is 14.2. The molecule has 4 heteroatoms. The number of nitrogens with zero attached hydrogens (tertiary/aromatic N) is 2. The van der Waals surface area contributed by atoms with Gasteiger partial charge in [-0.1, -0.05) is 30.9 Å². The summed E-state index contributed by atoms with van der Waals surface area (Å²) in [5.41, 5.74) is 2.11. The molecule has 2 atom stereocenters. The molecular weight excluding hydrogens is 267 g/mol. The van der Waals surface area contributed by atoms with E-state index in [2.05, 4.69) is 12.0 Å². The molecule has 1 aromatic heterocycles. The molecule has 0 aliphatic heterocycles. The third-order valence-corrected chi connectivity index (χ3v) is 5.04. The van der Waals surface area contributed by atoms with Crippen molar-refractivity contribution < 1.29 is 0 Å². The van der Waals surface area contributed by atoms with Crippen LogP contribution in [-0.4, -0.2) is 15.2 Å². The van der Waals surface area contributed by atoms with Crippen molar-refractivity contribution in [2.24, 2.45) is 5.92 Å². The molecular formula is C14H22Cl2N2. The second-order valence-corrected chi connectivity index (χ2v) is 6.22. The van der Waals surface area contributed by atoms with Crippen molar-refractivity contribution in [2.45, 2.75) is 64.3 Å². The second kappa shape index (κ2) is 6.29. The second-order valence-electron chi connectivity index (χ2n) is 5.28. The first-order chi connectivity index (χ1) is 8.63. The summed E-state index contributed by atoms with van der Waals surface area (Å²) in [6.07, 6.45) is 7.22.